The van der Waals surface area contributed by atoms with Crippen molar-refractivity contribution in [3.05, 3.63) is 53.6 Å². The van der Waals surface area contributed by atoms with E-state index in [2.05, 4.69) is 4.90 Å². The number of benzene rings is 2. The Morgan fingerprint density at radius 3 is 2.24 bits per heavy atom. The van der Waals surface area contributed by atoms with Gasteiger partial charge in [-0.15, -0.1) is 0 Å². The predicted molar refractivity (Wildman–Crippen MR) is 136 cm³/mol. The van der Waals surface area contributed by atoms with Crippen molar-refractivity contribution in [2.24, 2.45) is 5.73 Å². The lowest BCUT2D eigenvalue weighted by atomic mass is 10.1. The van der Waals surface area contributed by atoms with E-state index in [1.807, 2.05) is 11.0 Å². The van der Waals surface area contributed by atoms with Crippen molar-refractivity contribution in [3.8, 4) is 11.5 Å². The maximum Gasteiger partial charge on any atom is 0.311 e. The van der Waals surface area contributed by atoms with E-state index in [1.54, 1.807) is 18.2 Å². The van der Waals surface area contributed by atoms with Crippen LogP contribution >= 0.6 is 0 Å². The number of nitrogens with zero attached hydrogens (tertiary/aromatic N) is 3. The molecule has 200 valence electrons. The highest BCUT2D eigenvalue weighted by atomic mass is 19.1. The number of carbonyl (C=O) groups is 2. The quantitative estimate of drug-likeness (QED) is 0.615. The van der Waals surface area contributed by atoms with Gasteiger partial charge in [-0.2, -0.15) is 0 Å². The molecule has 0 aromatic heterocycles. The van der Waals surface area contributed by atoms with Crippen molar-refractivity contribution in [2.75, 3.05) is 63.9 Å². The minimum absolute atomic E-state index is 0.273. The standard InChI is InChI=1S/C15H20FNO2.C12H14FN3O2/c16-13-10-12(4-3-7-17-5-1-2-6-17)11-14-15(13)19-9-8-18-14;13-9-1-3-10(4-2-9)15-5-7-16(8-6-15)12(18)11(14)17/h10-11H,1-9H2;1-4H,5-8H2,(H2,14,17). The van der Waals surface area contributed by atoms with Gasteiger partial charge in [0, 0.05) is 31.9 Å². The first kappa shape index (κ1) is 26.7. The topological polar surface area (TPSA) is 88.3 Å². The van der Waals surface area contributed by atoms with Crippen LogP contribution in [0.1, 0.15) is 24.8 Å². The molecule has 0 spiro atoms. The molecule has 2 aromatic carbocycles. The number of amides is 2. The molecule has 2 N–H and O–H groups in total. The molecule has 8 nitrogen and oxygen atoms in total. The van der Waals surface area contributed by atoms with Gasteiger partial charge in [-0.25, -0.2) is 8.78 Å². The number of primary amides is 1. The highest BCUT2D eigenvalue weighted by Gasteiger charge is 2.24. The number of nitrogens with two attached hydrogens (primary N) is 1. The van der Waals surface area contributed by atoms with Crippen molar-refractivity contribution in [2.45, 2.75) is 25.7 Å². The third-order valence-electron chi connectivity index (χ3n) is 6.76. The minimum Gasteiger partial charge on any atom is -0.486 e. The summed E-state index contributed by atoms with van der Waals surface area (Å²) in [5.74, 6) is -1.31. The molecule has 0 radical (unpaired) electrons. The Labute approximate surface area is 215 Å². The first-order valence-electron chi connectivity index (χ1n) is 12.8. The molecule has 0 saturated carbocycles. The molecular weight excluding hydrogens is 482 g/mol. The van der Waals surface area contributed by atoms with Gasteiger partial charge in [-0.1, -0.05) is 0 Å². The maximum absolute atomic E-state index is 13.8. The molecule has 37 heavy (non-hydrogen) atoms. The Bertz CT molecular complexity index is 1070. The lowest BCUT2D eigenvalue weighted by Crippen LogP contribution is -2.51. The van der Waals surface area contributed by atoms with Gasteiger partial charge < -0.3 is 29.9 Å². The highest BCUT2D eigenvalue weighted by Crippen LogP contribution is 2.34. The Hall–Kier alpha value is -3.40. The second kappa shape index (κ2) is 12.7. The number of aryl methyl sites for hydroxylation is 1. The smallest absolute Gasteiger partial charge is 0.311 e. The van der Waals surface area contributed by atoms with Crippen LogP contribution in [0, 0.1) is 11.6 Å². The van der Waals surface area contributed by atoms with Crippen LogP contribution < -0.4 is 20.1 Å². The van der Waals surface area contributed by atoms with Crippen LogP contribution in [0.25, 0.3) is 0 Å². The van der Waals surface area contributed by atoms with Crippen LogP contribution in [0.15, 0.2) is 36.4 Å². The van der Waals surface area contributed by atoms with Gasteiger partial charge in [0.05, 0.1) is 0 Å². The second-order valence-electron chi connectivity index (χ2n) is 9.37. The Morgan fingerprint density at radius 1 is 0.892 bits per heavy atom. The summed E-state index contributed by atoms with van der Waals surface area (Å²) in [7, 11) is 0. The summed E-state index contributed by atoms with van der Waals surface area (Å²) in [6.07, 6.45) is 4.60. The number of halogens is 2. The Kier molecular flexibility index (Phi) is 9.16. The maximum atomic E-state index is 13.8. The molecule has 0 unspecified atom stereocenters. The summed E-state index contributed by atoms with van der Waals surface area (Å²) in [6.45, 7) is 6.57. The average molecular weight is 517 g/mol. The van der Waals surface area contributed by atoms with Gasteiger partial charge in [0.25, 0.3) is 0 Å². The Balaban J connectivity index is 0.000000173. The molecule has 3 heterocycles. The zero-order valence-corrected chi connectivity index (χ0v) is 21.0. The van der Waals surface area contributed by atoms with E-state index in [0.717, 1.165) is 30.6 Å². The van der Waals surface area contributed by atoms with Crippen molar-refractivity contribution in [1.29, 1.82) is 0 Å². The third kappa shape index (κ3) is 7.31. The monoisotopic (exact) mass is 516 g/mol. The van der Waals surface area contributed by atoms with Crippen molar-refractivity contribution >= 4 is 17.5 Å². The molecule has 0 atom stereocenters. The fourth-order valence-corrected chi connectivity index (χ4v) is 4.80. The van der Waals surface area contributed by atoms with Gasteiger partial charge in [-0.05, 0) is 87.3 Å². The Morgan fingerprint density at radius 2 is 1.57 bits per heavy atom. The molecule has 3 aliphatic heterocycles. The second-order valence-corrected chi connectivity index (χ2v) is 9.37. The number of ether oxygens (including phenoxy) is 2. The average Bonchev–Trinajstić information content (AvgIpc) is 3.43. The van der Waals surface area contributed by atoms with Crippen LogP contribution in [0.5, 0.6) is 11.5 Å². The van der Waals surface area contributed by atoms with Gasteiger partial charge >= 0.3 is 11.8 Å². The van der Waals surface area contributed by atoms with Crippen molar-refractivity contribution in [1.82, 2.24) is 9.80 Å². The van der Waals surface area contributed by atoms with E-state index < -0.39 is 11.8 Å². The van der Waals surface area contributed by atoms with Crippen LogP contribution in [-0.2, 0) is 16.0 Å². The number of hydrogen-bond acceptors (Lipinski definition) is 6. The number of hydrogen-bond donors (Lipinski definition) is 1. The highest BCUT2D eigenvalue weighted by molar-refractivity contribution is 6.34. The van der Waals surface area contributed by atoms with Gasteiger partial charge in [0.15, 0.2) is 17.3 Å². The van der Waals surface area contributed by atoms with Crippen molar-refractivity contribution in [3.63, 3.8) is 0 Å². The number of piperazine rings is 1. The van der Waals surface area contributed by atoms with Gasteiger partial charge in [-0.3, -0.25) is 9.59 Å². The lowest BCUT2D eigenvalue weighted by Gasteiger charge is -2.35. The molecule has 3 aliphatic rings. The van der Waals surface area contributed by atoms with E-state index in [0.29, 0.717) is 45.1 Å². The van der Waals surface area contributed by atoms with Gasteiger partial charge in [0.1, 0.15) is 19.0 Å². The molecule has 0 aliphatic carbocycles. The van der Waals surface area contributed by atoms with E-state index in [1.165, 1.54) is 43.0 Å². The zero-order chi connectivity index (χ0) is 26.2. The summed E-state index contributed by atoms with van der Waals surface area (Å²) in [5, 5.41) is 0. The first-order valence-corrected chi connectivity index (χ1v) is 12.8. The summed E-state index contributed by atoms with van der Waals surface area (Å²) in [4.78, 5) is 28.1. The first-order chi connectivity index (χ1) is 17.9. The summed E-state index contributed by atoms with van der Waals surface area (Å²) < 4.78 is 37.4. The molecule has 0 bridgehead atoms. The third-order valence-corrected chi connectivity index (χ3v) is 6.76. The number of anilines is 1. The number of rotatable bonds is 5. The summed E-state index contributed by atoms with van der Waals surface area (Å²) in [5.41, 5.74) is 6.85. The van der Waals surface area contributed by atoms with Crippen LogP contribution in [0.2, 0.25) is 0 Å². The molecule has 2 fully saturated rings. The van der Waals surface area contributed by atoms with Crippen molar-refractivity contribution < 1.29 is 27.8 Å². The fraction of sp³-hybridized carbons (Fsp3) is 0.481. The number of fused-ring (bicyclic) bond motifs is 1. The van der Waals surface area contributed by atoms with E-state index in [-0.39, 0.29) is 17.4 Å². The number of likely N-dealkylation sites (tertiary alicyclic amines) is 1. The number of carbonyl (C=O) groups excluding carboxylic acids is 2. The summed E-state index contributed by atoms with van der Waals surface area (Å²) in [6, 6.07) is 9.69. The van der Waals surface area contributed by atoms with E-state index in [4.69, 9.17) is 15.2 Å². The largest absolute Gasteiger partial charge is 0.486 e. The molecule has 5 rings (SSSR count). The van der Waals surface area contributed by atoms with E-state index in [9.17, 15) is 18.4 Å². The normalized spacial score (nSPS) is 17.2. The van der Waals surface area contributed by atoms with Crippen LogP contribution in [0.4, 0.5) is 14.5 Å². The molecule has 2 amide bonds. The SMILES string of the molecule is Fc1cc(CCCN2CCCC2)cc2c1OCCO2.NC(=O)C(=O)N1CCN(c2ccc(F)cc2)CC1. The molecule has 2 aromatic rings. The van der Waals surface area contributed by atoms with E-state index >= 15 is 0 Å². The molecular formula is C27H34F2N4O4. The zero-order valence-electron chi connectivity index (χ0n) is 21.0. The van der Waals surface area contributed by atoms with Gasteiger partial charge in [0.2, 0.25) is 0 Å². The van der Waals surface area contributed by atoms with Crippen LogP contribution in [0.3, 0.4) is 0 Å². The predicted octanol–water partition coefficient (Wildman–Crippen LogP) is 2.58. The molecule has 10 heteroatoms. The van der Waals surface area contributed by atoms with Crippen LogP contribution in [-0.4, -0.2) is 80.6 Å². The minimum atomic E-state index is -0.926. The lowest BCUT2D eigenvalue weighted by molar-refractivity contribution is -0.144. The fourth-order valence-electron chi connectivity index (χ4n) is 4.80. The molecule has 2 saturated heterocycles. The summed E-state index contributed by atoms with van der Waals surface area (Å²) >= 11 is 0.